The van der Waals surface area contributed by atoms with Crippen molar-refractivity contribution in [3.05, 3.63) is 182 Å². The molecule has 4 heteroatoms. The van der Waals surface area contributed by atoms with Crippen molar-refractivity contribution in [1.82, 2.24) is 0 Å². The van der Waals surface area contributed by atoms with Gasteiger partial charge in [-0.2, -0.15) is 0 Å². The monoisotopic (exact) mass is 642 g/mol. The highest BCUT2D eigenvalue weighted by molar-refractivity contribution is 6.19. The third kappa shape index (κ3) is 4.46. The van der Waals surface area contributed by atoms with Crippen LogP contribution in [0.1, 0.15) is 0 Å². The Hall–Kier alpha value is -6.78. The zero-order valence-electron chi connectivity index (χ0n) is 27.0. The minimum absolute atomic E-state index is 0.852. The number of para-hydroxylation sites is 4. The van der Waals surface area contributed by atoms with Gasteiger partial charge in [0.15, 0.2) is 5.58 Å². The molecule has 2 aromatic heterocycles. The summed E-state index contributed by atoms with van der Waals surface area (Å²) < 4.78 is 13.2. The number of anilines is 6. The van der Waals surface area contributed by atoms with Gasteiger partial charge in [-0.05, 0) is 78.2 Å². The molecule has 2 heterocycles. The first kappa shape index (κ1) is 28.3. The molecule has 10 aromatic rings. The zero-order chi connectivity index (χ0) is 33.0. The van der Waals surface area contributed by atoms with E-state index in [4.69, 9.17) is 8.83 Å². The first-order valence-corrected chi connectivity index (χ1v) is 16.9. The molecular formula is C46H30N2O2. The van der Waals surface area contributed by atoms with E-state index in [2.05, 4.69) is 180 Å². The number of fused-ring (bicyclic) bond motifs is 8. The summed E-state index contributed by atoms with van der Waals surface area (Å²) in [4.78, 5) is 4.62. The second-order valence-corrected chi connectivity index (χ2v) is 12.5. The lowest BCUT2D eigenvalue weighted by Crippen LogP contribution is -2.13. The highest BCUT2D eigenvalue weighted by Crippen LogP contribution is 2.47. The van der Waals surface area contributed by atoms with E-state index in [1.807, 2.05) is 12.1 Å². The van der Waals surface area contributed by atoms with E-state index in [1.54, 1.807) is 0 Å². The Bertz CT molecular complexity index is 2840. The van der Waals surface area contributed by atoms with Crippen molar-refractivity contribution in [1.29, 1.82) is 0 Å². The molecule has 0 aliphatic heterocycles. The normalized spacial score (nSPS) is 11.6. The third-order valence-electron chi connectivity index (χ3n) is 9.61. The van der Waals surface area contributed by atoms with Gasteiger partial charge >= 0.3 is 0 Å². The molecule has 0 N–H and O–H groups in total. The van der Waals surface area contributed by atoms with Crippen LogP contribution in [-0.2, 0) is 0 Å². The Labute approximate surface area is 288 Å². The average Bonchev–Trinajstić information content (AvgIpc) is 3.76. The highest BCUT2D eigenvalue weighted by Gasteiger charge is 2.23. The lowest BCUT2D eigenvalue weighted by molar-refractivity contribution is 0.669. The number of hydrogen-bond donors (Lipinski definition) is 0. The summed E-state index contributed by atoms with van der Waals surface area (Å²) in [6.45, 7) is 0. The van der Waals surface area contributed by atoms with Gasteiger partial charge in [0, 0.05) is 44.3 Å². The second kappa shape index (κ2) is 11.4. The van der Waals surface area contributed by atoms with Crippen LogP contribution >= 0.6 is 0 Å². The van der Waals surface area contributed by atoms with E-state index >= 15 is 0 Å². The van der Waals surface area contributed by atoms with Gasteiger partial charge in [0.2, 0.25) is 0 Å². The van der Waals surface area contributed by atoms with E-state index in [9.17, 15) is 0 Å². The number of rotatable bonds is 6. The maximum atomic E-state index is 6.63. The number of hydrogen-bond acceptors (Lipinski definition) is 4. The SMILES string of the molecule is c1ccc(N(c2cccc(N(c3ccccc3)c3cccc4oc5c6ccccc6ccc5c34)c2)c2cccc3c2oc2ccccc23)cc1. The molecule has 4 nitrogen and oxygen atoms in total. The van der Waals surface area contributed by atoms with Crippen LogP contribution in [0, 0.1) is 0 Å². The fourth-order valence-electron chi connectivity index (χ4n) is 7.41. The number of nitrogens with zero attached hydrogens (tertiary/aromatic N) is 2. The van der Waals surface area contributed by atoms with Gasteiger partial charge < -0.3 is 18.6 Å². The van der Waals surface area contributed by atoms with Crippen LogP contribution in [0.5, 0.6) is 0 Å². The Morgan fingerprint density at radius 3 is 1.64 bits per heavy atom. The van der Waals surface area contributed by atoms with Gasteiger partial charge in [-0.1, -0.05) is 109 Å². The fraction of sp³-hybridized carbons (Fsp3) is 0. The quantitative estimate of drug-likeness (QED) is 0.181. The summed E-state index contributed by atoms with van der Waals surface area (Å²) in [7, 11) is 0. The van der Waals surface area contributed by atoms with Crippen molar-refractivity contribution < 1.29 is 8.83 Å². The molecule has 0 spiro atoms. The van der Waals surface area contributed by atoms with Crippen LogP contribution in [0.2, 0.25) is 0 Å². The Morgan fingerprint density at radius 1 is 0.320 bits per heavy atom. The molecular weight excluding hydrogens is 613 g/mol. The molecule has 236 valence electrons. The van der Waals surface area contributed by atoms with Gasteiger partial charge in [-0.25, -0.2) is 0 Å². The zero-order valence-corrected chi connectivity index (χ0v) is 27.0. The first-order chi connectivity index (χ1) is 24.8. The van der Waals surface area contributed by atoms with Gasteiger partial charge in [0.05, 0.1) is 16.8 Å². The summed E-state index contributed by atoms with van der Waals surface area (Å²) in [5.41, 5.74) is 9.64. The minimum atomic E-state index is 0.852. The average molecular weight is 643 g/mol. The molecule has 0 saturated carbocycles. The van der Waals surface area contributed by atoms with E-state index < -0.39 is 0 Å². The predicted molar refractivity (Wildman–Crippen MR) is 208 cm³/mol. The number of furan rings is 2. The number of benzene rings is 8. The van der Waals surface area contributed by atoms with Crippen molar-refractivity contribution >= 4 is 88.8 Å². The molecule has 50 heavy (non-hydrogen) atoms. The van der Waals surface area contributed by atoms with Crippen LogP contribution in [0.3, 0.4) is 0 Å². The van der Waals surface area contributed by atoms with Crippen molar-refractivity contribution in [3.63, 3.8) is 0 Å². The van der Waals surface area contributed by atoms with E-state index in [0.29, 0.717) is 0 Å². The molecule has 10 rings (SSSR count). The summed E-state index contributed by atoms with van der Waals surface area (Å²) in [5, 5.41) is 6.64. The van der Waals surface area contributed by atoms with Gasteiger partial charge in [-0.15, -0.1) is 0 Å². The summed E-state index contributed by atoms with van der Waals surface area (Å²) in [6, 6.07) is 63.6. The minimum Gasteiger partial charge on any atom is -0.455 e. The lowest BCUT2D eigenvalue weighted by Gasteiger charge is -2.29. The standard InChI is InChI=1S/C46H30N2O2/c1-3-15-32(16-4-1)47(40-24-13-27-43-44(40)39-29-28-31-14-7-8-21-36(31)45(39)50-43)34-19-11-20-35(30-34)48(33-17-5-2-6-18-33)41-25-12-23-38-37-22-9-10-26-42(37)49-46(38)41/h1-30H. The van der Waals surface area contributed by atoms with E-state index in [0.717, 1.165) is 88.8 Å². The van der Waals surface area contributed by atoms with Crippen molar-refractivity contribution in [3.8, 4) is 0 Å². The summed E-state index contributed by atoms with van der Waals surface area (Å²) >= 11 is 0. The molecule has 0 fully saturated rings. The maximum Gasteiger partial charge on any atom is 0.159 e. The molecule has 0 unspecified atom stereocenters. The summed E-state index contributed by atoms with van der Waals surface area (Å²) in [5.74, 6) is 0. The smallest absolute Gasteiger partial charge is 0.159 e. The molecule has 8 aromatic carbocycles. The lowest BCUT2D eigenvalue weighted by atomic mass is 10.0. The van der Waals surface area contributed by atoms with E-state index in [-0.39, 0.29) is 0 Å². The summed E-state index contributed by atoms with van der Waals surface area (Å²) in [6.07, 6.45) is 0. The van der Waals surface area contributed by atoms with Crippen LogP contribution < -0.4 is 9.80 Å². The van der Waals surface area contributed by atoms with Crippen LogP contribution in [0.15, 0.2) is 191 Å². The molecule has 0 aliphatic rings. The highest BCUT2D eigenvalue weighted by atomic mass is 16.3. The molecule has 0 atom stereocenters. The van der Waals surface area contributed by atoms with Gasteiger partial charge in [-0.3, -0.25) is 0 Å². The largest absolute Gasteiger partial charge is 0.455 e. The van der Waals surface area contributed by atoms with Crippen LogP contribution in [0.4, 0.5) is 34.1 Å². The van der Waals surface area contributed by atoms with Crippen molar-refractivity contribution in [2.75, 3.05) is 9.80 Å². The molecule has 0 aliphatic carbocycles. The van der Waals surface area contributed by atoms with Gasteiger partial charge in [0.1, 0.15) is 16.7 Å². The molecule has 0 amide bonds. The van der Waals surface area contributed by atoms with Crippen LogP contribution in [0.25, 0.3) is 54.6 Å². The predicted octanol–water partition coefficient (Wildman–Crippen LogP) is 13.6. The van der Waals surface area contributed by atoms with Crippen LogP contribution in [-0.4, -0.2) is 0 Å². The van der Waals surface area contributed by atoms with Gasteiger partial charge in [0.25, 0.3) is 0 Å². The first-order valence-electron chi connectivity index (χ1n) is 16.9. The molecule has 0 saturated heterocycles. The van der Waals surface area contributed by atoms with Crippen molar-refractivity contribution in [2.45, 2.75) is 0 Å². The second-order valence-electron chi connectivity index (χ2n) is 12.5. The maximum absolute atomic E-state index is 6.63. The Kier molecular flexibility index (Phi) is 6.46. The Balaban J connectivity index is 1.21. The molecule has 0 bridgehead atoms. The fourth-order valence-corrected chi connectivity index (χ4v) is 7.41. The van der Waals surface area contributed by atoms with Crippen molar-refractivity contribution in [2.24, 2.45) is 0 Å². The third-order valence-corrected chi connectivity index (χ3v) is 9.61. The molecule has 0 radical (unpaired) electrons. The topological polar surface area (TPSA) is 32.8 Å². The van der Waals surface area contributed by atoms with E-state index in [1.165, 1.54) is 0 Å². The Morgan fingerprint density at radius 2 is 0.860 bits per heavy atom.